The first-order valence-electron chi connectivity index (χ1n) is 8.98. The third-order valence-electron chi connectivity index (χ3n) is 4.44. The monoisotopic (exact) mass is 437 g/mol. The van der Waals surface area contributed by atoms with Crippen LogP contribution in [0.4, 0.5) is 0 Å². The summed E-state index contributed by atoms with van der Waals surface area (Å²) in [7, 11) is 4.50. The Morgan fingerprint density at radius 2 is 1.71 bits per heavy atom. The maximum Gasteiger partial charge on any atom is 0.273 e. The summed E-state index contributed by atoms with van der Waals surface area (Å²) in [6.45, 7) is 0. The molecule has 0 atom stereocenters. The lowest BCUT2D eigenvalue weighted by molar-refractivity contribution is -0.112. The molecule has 1 heterocycles. The Bertz CT molecular complexity index is 1330. The van der Waals surface area contributed by atoms with Gasteiger partial charge in [0.05, 0.1) is 37.1 Å². The van der Waals surface area contributed by atoms with Crippen molar-refractivity contribution >= 4 is 28.9 Å². The van der Waals surface area contributed by atoms with E-state index in [1.165, 1.54) is 25.9 Å². The lowest BCUT2D eigenvalue weighted by Crippen LogP contribution is -2.32. The summed E-state index contributed by atoms with van der Waals surface area (Å²) in [6, 6.07) is 13.8. The molecule has 9 heteroatoms. The average Bonchev–Trinajstić information content (AvgIpc) is 3.10. The third-order valence-corrected chi connectivity index (χ3v) is 5.53. The summed E-state index contributed by atoms with van der Waals surface area (Å²) < 4.78 is 17.8. The number of para-hydroxylation sites is 1. The molecule has 2 aromatic carbocycles. The maximum atomic E-state index is 13.3. The van der Waals surface area contributed by atoms with Crippen molar-refractivity contribution in [3.63, 3.8) is 0 Å². The van der Waals surface area contributed by atoms with Crippen LogP contribution in [0, 0.1) is 11.3 Å². The van der Waals surface area contributed by atoms with Crippen LogP contribution in [0.3, 0.4) is 0 Å². The topological polar surface area (TPSA) is 117 Å². The fourth-order valence-corrected chi connectivity index (χ4v) is 4.07. The van der Waals surface area contributed by atoms with Crippen molar-refractivity contribution in [1.29, 1.82) is 5.26 Å². The van der Waals surface area contributed by atoms with Crippen LogP contribution in [-0.2, 0) is 4.79 Å². The molecule has 8 nitrogen and oxygen atoms in total. The summed E-state index contributed by atoms with van der Waals surface area (Å²) in [4.78, 5) is 25.2. The lowest BCUT2D eigenvalue weighted by atomic mass is 10.1. The van der Waals surface area contributed by atoms with Gasteiger partial charge in [-0.2, -0.15) is 5.26 Å². The minimum Gasteiger partial charge on any atom is -0.496 e. The molecule has 0 aliphatic rings. The zero-order valence-corrected chi connectivity index (χ0v) is 17.9. The zero-order valence-electron chi connectivity index (χ0n) is 17.0. The average molecular weight is 437 g/mol. The standard InChI is InChI=1S/C22H19N3O5S/c1-28-14-9-17(29-2)15(18(10-14)30-3)11-19-21(27)25(13-7-5-4-6-8-13)22(31-19)16(12-23)20(24)26/h4-11H,1-3H3,(H2,24,26). The van der Waals surface area contributed by atoms with Crippen LogP contribution in [0.2, 0.25) is 0 Å². The Labute approximate surface area is 181 Å². The first kappa shape index (κ1) is 21.7. The van der Waals surface area contributed by atoms with E-state index in [4.69, 9.17) is 19.9 Å². The third kappa shape index (κ3) is 4.15. The highest BCUT2D eigenvalue weighted by Crippen LogP contribution is 2.34. The van der Waals surface area contributed by atoms with Crippen LogP contribution < -0.4 is 34.7 Å². The Kier molecular flexibility index (Phi) is 6.43. The predicted molar refractivity (Wildman–Crippen MR) is 117 cm³/mol. The second-order valence-electron chi connectivity index (χ2n) is 6.19. The minimum atomic E-state index is -0.917. The van der Waals surface area contributed by atoms with Crippen LogP contribution in [-0.4, -0.2) is 31.8 Å². The number of nitrogens with zero attached hydrogens (tertiary/aromatic N) is 2. The summed E-state index contributed by atoms with van der Waals surface area (Å²) in [5.74, 6) is 0.459. The van der Waals surface area contributed by atoms with E-state index in [0.717, 1.165) is 11.3 Å². The van der Waals surface area contributed by atoms with Crippen LogP contribution in [0.15, 0.2) is 47.3 Å². The highest BCUT2D eigenvalue weighted by Gasteiger charge is 2.16. The molecule has 3 rings (SSSR count). The van der Waals surface area contributed by atoms with Gasteiger partial charge in [0.1, 0.15) is 28.0 Å². The first-order chi connectivity index (χ1) is 14.9. The summed E-state index contributed by atoms with van der Waals surface area (Å²) >= 11 is 0.977. The first-order valence-corrected chi connectivity index (χ1v) is 9.80. The molecule has 2 N–H and O–H groups in total. The molecule has 0 saturated heterocycles. The number of carbonyl (C=O) groups is 1. The summed E-state index contributed by atoms with van der Waals surface area (Å²) in [5, 5.41) is 9.47. The van der Waals surface area contributed by atoms with Crippen LogP contribution in [0.1, 0.15) is 5.56 Å². The molecule has 0 radical (unpaired) electrons. The van der Waals surface area contributed by atoms with Crippen molar-refractivity contribution in [2.75, 3.05) is 21.3 Å². The van der Waals surface area contributed by atoms with Gasteiger partial charge < -0.3 is 19.9 Å². The molecule has 3 aromatic rings. The number of rotatable bonds is 6. The number of hydrogen-bond donors (Lipinski definition) is 1. The Hall–Kier alpha value is -4.03. The van der Waals surface area contributed by atoms with E-state index >= 15 is 0 Å². The largest absolute Gasteiger partial charge is 0.496 e. The van der Waals surface area contributed by atoms with Crippen molar-refractivity contribution in [3.8, 4) is 29.0 Å². The summed E-state index contributed by atoms with van der Waals surface area (Å²) in [6.07, 6.45) is 1.59. The van der Waals surface area contributed by atoms with Gasteiger partial charge in [-0.1, -0.05) is 18.2 Å². The molecule has 31 heavy (non-hydrogen) atoms. The number of benzene rings is 2. The van der Waals surface area contributed by atoms with Crippen molar-refractivity contribution in [3.05, 3.63) is 67.6 Å². The second-order valence-corrected chi connectivity index (χ2v) is 7.22. The van der Waals surface area contributed by atoms with E-state index in [-0.39, 0.29) is 14.8 Å². The number of thiazole rings is 1. The smallest absolute Gasteiger partial charge is 0.273 e. The van der Waals surface area contributed by atoms with E-state index in [1.807, 2.05) is 0 Å². The number of hydrogen-bond acceptors (Lipinski definition) is 7. The fraction of sp³-hybridized carbons (Fsp3) is 0.136. The Morgan fingerprint density at radius 3 is 2.19 bits per heavy atom. The van der Waals surface area contributed by atoms with Crippen LogP contribution in [0.5, 0.6) is 17.2 Å². The van der Waals surface area contributed by atoms with Crippen LogP contribution >= 0.6 is 11.3 Å². The highest BCUT2D eigenvalue weighted by molar-refractivity contribution is 7.07. The van der Waals surface area contributed by atoms with E-state index in [1.54, 1.807) is 54.6 Å². The molecule has 0 saturated carbocycles. The van der Waals surface area contributed by atoms with E-state index < -0.39 is 11.5 Å². The molecule has 0 bridgehead atoms. The highest BCUT2D eigenvalue weighted by atomic mass is 32.1. The number of aromatic nitrogens is 1. The Morgan fingerprint density at radius 1 is 1.10 bits per heavy atom. The van der Waals surface area contributed by atoms with Crippen molar-refractivity contribution in [1.82, 2.24) is 4.57 Å². The molecule has 0 spiro atoms. The van der Waals surface area contributed by atoms with Crippen LogP contribution in [0.25, 0.3) is 17.3 Å². The molecule has 0 unspecified atom stereocenters. The number of primary amides is 1. The predicted octanol–water partition coefficient (Wildman–Crippen LogP) is 0.913. The maximum absolute atomic E-state index is 13.3. The normalized spacial score (nSPS) is 12.1. The number of nitrogens with two attached hydrogens (primary N) is 1. The van der Waals surface area contributed by atoms with Crippen molar-refractivity contribution in [2.24, 2.45) is 5.73 Å². The molecule has 1 aromatic heterocycles. The minimum absolute atomic E-state index is 0.142. The Balaban J connectivity index is 2.45. The van der Waals surface area contributed by atoms with E-state index in [9.17, 15) is 14.9 Å². The SMILES string of the molecule is COc1cc(OC)c(C=c2sc(=C(C#N)C(N)=O)n(-c3ccccc3)c2=O)c(OC)c1. The lowest BCUT2D eigenvalue weighted by Gasteiger charge is -2.12. The van der Waals surface area contributed by atoms with E-state index in [0.29, 0.717) is 28.5 Å². The van der Waals surface area contributed by atoms with Gasteiger partial charge >= 0.3 is 0 Å². The number of ether oxygens (including phenoxy) is 3. The molecule has 0 aliphatic carbocycles. The number of nitriles is 1. The molecule has 0 aliphatic heterocycles. The number of carbonyl (C=O) groups excluding carboxylic acids is 1. The molecular weight excluding hydrogens is 418 g/mol. The van der Waals surface area contributed by atoms with Gasteiger partial charge in [0.2, 0.25) is 0 Å². The van der Waals surface area contributed by atoms with Gasteiger partial charge in [-0.15, -0.1) is 11.3 Å². The van der Waals surface area contributed by atoms with Crippen molar-refractivity contribution < 1.29 is 19.0 Å². The molecule has 158 valence electrons. The molecule has 1 amide bonds. The van der Waals surface area contributed by atoms with Gasteiger partial charge in [-0.25, -0.2) is 0 Å². The van der Waals surface area contributed by atoms with Gasteiger partial charge in [0, 0.05) is 12.1 Å². The number of methoxy groups -OCH3 is 3. The van der Waals surface area contributed by atoms with E-state index in [2.05, 4.69) is 0 Å². The van der Waals surface area contributed by atoms with Gasteiger partial charge in [0.25, 0.3) is 11.5 Å². The zero-order chi connectivity index (χ0) is 22.5. The molecule has 0 fully saturated rings. The number of amides is 1. The quantitative estimate of drug-likeness (QED) is 0.613. The van der Waals surface area contributed by atoms with Gasteiger partial charge in [-0.3, -0.25) is 14.2 Å². The van der Waals surface area contributed by atoms with Gasteiger partial charge in [0.15, 0.2) is 5.57 Å². The second kappa shape index (κ2) is 9.19. The molecular formula is C22H19N3O5S. The fourth-order valence-electron chi connectivity index (χ4n) is 2.98. The van der Waals surface area contributed by atoms with Gasteiger partial charge in [-0.05, 0) is 18.2 Å². The summed E-state index contributed by atoms with van der Waals surface area (Å²) in [5.41, 5.74) is 5.68. The van der Waals surface area contributed by atoms with Crippen molar-refractivity contribution in [2.45, 2.75) is 0 Å².